The maximum atomic E-state index is 12.0. The molecule has 94 valence electrons. The van der Waals surface area contributed by atoms with Gasteiger partial charge in [0, 0.05) is 12.7 Å². The molecule has 1 aromatic heterocycles. The molecule has 0 bridgehead atoms. The summed E-state index contributed by atoms with van der Waals surface area (Å²) in [5, 5.41) is 0. The van der Waals surface area contributed by atoms with Gasteiger partial charge in [0.2, 0.25) is 10.0 Å². The Kier molecular flexibility index (Phi) is 3.07. The van der Waals surface area contributed by atoms with Crippen molar-refractivity contribution in [3.8, 4) is 0 Å². The van der Waals surface area contributed by atoms with Gasteiger partial charge in [-0.15, -0.1) is 0 Å². The Hall–Kier alpha value is -1.18. The SMILES string of the molecule is CC1(CNS(=O)(=O)c2cccnc2NN)CC1. The van der Waals surface area contributed by atoms with E-state index in [2.05, 4.69) is 22.1 Å². The molecular formula is C10H16N4O2S. The summed E-state index contributed by atoms with van der Waals surface area (Å²) in [6, 6.07) is 3.04. The zero-order valence-corrected chi connectivity index (χ0v) is 10.4. The highest BCUT2D eigenvalue weighted by molar-refractivity contribution is 7.89. The zero-order valence-electron chi connectivity index (χ0n) is 9.60. The highest BCUT2D eigenvalue weighted by Crippen LogP contribution is 2.44. The van der Waals surface area contributed by atoms with Crippen LogP contribution in [-0.4, -0.2) is 19.9 Å². The molecular weight excluding hydrogens is 240 g/mol. The normalized spacial score (nSPS) is 17.8. The predicted molar refractivity (Wildman–Crippen MR) is 64.6 cm³/mol. The summed E-state index contributed by atoms with van der Waals surface area (Å²) in [5.74, 6) is 5.39. The van der Waals surface area contributed by atoms with E-state index in [0.717, 1.165) is 12.8 Å². The molecule has 0 spiro atoms. The van der Waals surface area contributed by atoms with Crippen molar-refractivity contribution < 1.29 is 8.42 Å². The summed E-state index contributed by atoms with van der Waals surface area (Å²) in [4.78, 5) is 3.94. The van der Waals surface area contributed by atoms with Gasteiger partial charge in [-0.1, -0.05) is 6.92 Å². The second kappa shape index (κ2) is 4.25. The van der Waals surface area contributed by atoms with E-state index in [-0.39, 0.29) is 16.1 Å². The minimum atomic E-state index is -3.55. The van der Waals surface area contributed by atoms with Crippen molar-refractivity contribution in [3.05, 3.63) is 18.3 Å². The van der Waals surface area contributed by atoms with Crippen molar-refractivity contribution in [1.29, 1.82) is 0 Å². The summed E-state index contributed by atoms with van der Waals surface area (Å²) in [6.07, 6.45) is 3.60. The first-order valence-electron chi connectivity index (χ1n) is 5.38. The maximum Gasteiger partial charge on any atom is 0.244 e. The molecule has 4 N–H and O–H groups in total. The van der Waals surface area contributed by atoms with Crippen LogP contribution >= 0.6 is 0 Å². The number of hydrazine groups is 1. The summed E-state index contributed by atoms with van der Waals surface area (Å²) in [5.41, 5.74) is 2.40. The number of nitrogen functional groups attached to an aromatic ring is 1. The molecule has 17 heavy (non-hydrogen) atoms. The van der Waals surface area contributed by atoms with Crippen LogP contribution in [0.1, 0.15) is 19.8 Å². The molecule has 7 heteroatoms. The van der Waals surface area contributed by atoms with Gasteiger partial charge in [-0.05, 0) is 30.4 Å². The van der Waals surface area contributed by atoms with Crippen LogP contribution < -0.4 is 16.0 Å². The van der Waals surface area contributed by atoms with Crippen LogP contribution in [0, 0.1) is 5.41 Å². The number of pyridine rings is 1. The van der Waals surface area contributed by atoms with Crippen molar-refractivity contribution >= 4 is 15.8 Å². The van der Waals surface area contributed by atoms with Crippen LogP contribution in [-0.2, 0) is 10.0 Å². The summed E-state index contributed by atoms with van der Waals surface area (Å²) in [6.45, 7) is 2.51. The molecule has 1 aromatic rings. The van der Waals surface area contributed by atoms with E-state index in [0.29, 0.717) is 6.54 Å². The largest absolute Gasteiger partial charge is 0.307 e. The van der Waals surface area contributed by atoms with Crippen LogP contribution in [0.2, 0.25) is 0 Å². The van der Waals surface area contributed by atoms with Crippen molar-refractivity contribution in [2.24, 2.45) is 11.3 Å². The molecule has 0 aliphatic heterocycles. The van der Waals surface area contributed by atoms with Crippen LogP contribution in [0.4, 0.5) is 5.82 Å². The summed E-state index contributed by atoms with van der Waals surface area (Å²) < 4.78 is 26.7. The highest BCUT2D eigenvalue weighted by Gasteiger charge is 2.38. The molecule has 0 radical (unpaired) electrons. The lowest BCUT2D eigenvalue weighted by Gasteiger charge is -2.12. The minimum Gasteiger partial charge on any atom is -0.307 e. The first kappa shape index (κ1) is 12.3. The predicted octanol–water partition coefficient (Wildman–Crippen LogP) is 0.446. The third kappa shape index (κ3) is 2.74. The molecule has 0 aromatic carbocycles. The van der Waals surface area contributed by atoms with E-state index in [1.165, 1.54) is 12.3 Å². The number of rotatable bonds is 5. The van der Waals surface area contributed by atoms with Gasteiger partial charge in [0.25, 0.3) is 0 Å². The second-order valence-corrected chi connectivity index (χ2v) is 6.37. The van der Waals surface area contributed by atoms with Gasteiger partial charge in [-0.25, -0.2) is 24.0 Å². The third-order valence-electron chi connectivity index (χ3n) is 2.99. The Bertz CT molecular complexity index is 511. The monoisotopic (exact) mass is 256 g/mol. The number of nitrogens with two attached hydrogens (primary N) is 1. The number of hydrogen-bond donors (Lipinski definition) is 3. The van der Waals surface area contributed by atoms with E-state index in [9.17, 15) is 8.42 Å². The molecule has 2 rings (SSSR count). The van der Waals surface area contributed by atoms with Crippen molar-refractivity contribution in [1.82, 2.24) is 9.71 Å². The van der Waals surface area contributed by atoms with Crippen molar-refractivity contribution in [3.63, 3.8) is 0 Å². The molecule has 1 saturated carbocycles. The lowest BCUT2D eigenvalue weighted by molar-refractivity contribution is 0.530. The molecule has 0 unspecified atom stereocenters. The Morgan fingerprint density at radius 3 is 2.82 bits per heavy atom. The second-order valence-electron chi connectivity index (χ2n) is 4.63. The maximum absolute atomic E-state index is 12.0. The highest BCUT2D eigenvalue weighted by atomic mass is 32.2. The molecule has 1 heterocycles. The van der Waals surface area contributed by atoms with Gasteiger partial charge >= 0.3 is 0 Å². The third-order valence-corrected chi connectivity index (χ3v) is 4.42. The molecule has 1 fully saturated rings. The Morgan fingerprint density at radius 2 is 2.24 bits per heavy atom. The summed E-state index contributed by atoms with van der Waals surface area (Å²) in [7, 11) is -3.55. The van der Waals surface area contributed by atoms with Crippen molar-refractivity contribution in [2.45, 2.75) is 24.7 Å². The fourth-order valence-electron chi connectivity index (χ4n) is 1.45. The molecule has 0 amide bonds. The molecule has 6 nitrogen and oxygen atoms in total. The van der Waals surface area contributed by atoms with E-state index < -0.39 is 10.0 Å². The van der Waals surface area contributed by atoms with Crippen LogP contribution in [0.25, 0.3) is 0 Å². The van der Waals surface area contributed by atoms with Gasteiger partial charge in [0.05, 0.1) is 0 Å². The Balaban J connectivity index is 2.18. The number of hydrogen-bond acceptors (Lipinski definition) is 5. The van der Waals surface area contributed by atoms with E-state index >= 15 is 0 Å². The number of anilines is 1. The first-order chi connectivity index (χ1) is 7.97. The van der Waals surface area contributed by atoms with Gasteiger partial charge in [-0.2, -0.15) is 0 Å². The minimum absolute atomic E-state index is 0.0757. The average Bonchev–Trinajstić information content (AvgIpc) is 3.06. The van der Waals surface area contributed by atoms with Crippen LogP contribution in [0.5, 0.6) is 0 Å². The number of aromatic nitrogens is 1. The summed E-state index contributed by atoms with van der Waals surface area (Å²) >= 11 is 0. The first-order valence-corrected chi connectivity index (χ1v) is 6.86. The lowest BCUT2D eigenvalue weighted by atomic mass is 10.2. The Labute approximate surface area is 101 Å². The van der Waals surface area contributed by atoms with Gasteiger partial charge in [0.1, 0.15) is 4.90 Å². The Morgan fingerprint density at radius 1 is 1.53 bits per heavy atom. The van der Waals surface area contributed by atoms with Crippen LogP contribution in [0.3, 0.4) is 0 Å². The molecule has 0 atom stereocenters. The quantitative estimate of drug-likeness (QED) is 0.525. The molecule has 1 aliphatic rings. The van der Waals surface area contributed by atoms with Gasteiger partial charge < -0.3 is 5.43 Å². The fourth-order valence-corrected chi connectivity index (χ4v) is 2.77. The average molecular weight is 256 g/mol. The number of sulfonamides is 1. The molecule has 0 saturated heterocycles. The van der Waals surface area contributed by atoms with E-state index in [1.807, 2.05) is 0 Å². The molecule has 1 aliphatic carbocycles. The lowest BCUT2D eigenvalue weighted by Crippen LogP contribution is -2.30. The van der Waals surface area contributed by atoms with Gasteiger partial charge in [-0.3, -0.25) is 0 Å². The van der Waals surface area contributed by atoms with Gasteiger partial charge in [0.15, 0.2) is 5.82 Å². The number of nitrogens with one attached hydrogen (secondary N) is 2. The number of nitrogens with zero attached hydrogens (tertiary/aromatic N) is 1. The van der Waals surface area contributed by atoms with Crippen LogP contribution in [0.15, 0.2) is 23.2 Å². The van der Waals surface area contributed by atoms with E-state index in [4.69, 9.17) is 5.84 Å². The smallest absolute Gasteiger partial charge is 0.244 e. The van der Waals surface area contributed by atoms with E-state index in [1.54, 1.807) is 6.07 Å². The topological polar surface area (TPSA) is 97.1 Å². The van der Waals surface area contributed by atoms with Crippen molar-refractivity contribution in [2.75, 3.05) is 12.0 Å². The standard InChI is InChI=1S/C10H16N4O2S/c1-10(4-5-10)7-13-17(15,16)8-3-2-6-12-9(8)14-11/h2-3,6,13H,4-5,7,11H2,1H3,(H,12,14). The fraction of sp³-hybridized carbons (Fsp3) is 0.500. The zero-order chi connectivity index (χ0) is 12.5.